The number of hydrogen-bond acceptors (Lipinski definition) is 7. The van der Waals surface area contributed by atoms with Crippen molar-refractivity contribution in [3.05, 3.63) is 33.9 Å². The summed E-state index contributed by atoms with van der Waals surface area (Å²) in [6.45, 7) is 2.72. The average molecular weight is 309 g/mol. The Bertz CT molecular complexity index is 849. The smallest absolute Gasteiger partial charge is 0.368 e. The Balaban J connectivity index is 1.93. The van der Waals surface area contributed by atoms with Gasteiger partial charge in [-0.2, -0.15) is 14.5 Å². The molecule has 0 saturated heterocycles. The molecule has 0 saturated carbocycles. The molecule has 21 heavy (non-hydrogen) atoms. The maximum Gasteiger partial charge on any atom is 0.368 e. The average Bonchev–Trinajstić information content (AvgIpc) is 3.18. The third kappa shape index (κ3) is 2.44. The highest BCUT2D eigenvalue weighted by Crippen LogP contribution is 2.18. The van der Waals surface area contributed by atoms with E-state index >= 15 is 0 Å². The lowest BCUT2D eigenvalue weighted by molar-refractivity contribution is 0.290. The van der Waals surface area contributed by atoms with Crippen LogP contribution in [0.15, 0.2) is 22.5 Å². The van der Waals surface area contributed by atoms with Crippen LogP contribution in [0.1, 0.15) is 14.0 Å². The minimum atomic E-state index is -0.361. The summed E-state index contributed by atoms with van der Waals surface area (Å²) in [4.78, 5) is 15.9. The molecular weight excluding hydrogens is 294 g/mol. The van der Waals surface area contributed by atoms with Gasteiger partial charge in [-0.25, -0.2) is 9.78 Å². The van der Waals surface area contributed by atoms with Crippen molar-refractivity contribution in [3.8, 4) is 10.9 Å². The van der Waals surface area contributed by atoms with E-state index in [-0.39, 0.29) is 18.5 Å². The van der Waals surface area contributed by atoms with Crippen molar-refractivity contribution >= 4 is 11.3 Å². The van der Waals surface area contributed by atoms with Gasteiger partial charge in [-0.3, -0.25) is 4.68 Å². The van der Waals surface area contributed by atoms with Crippen LogP contribution in [0.4, 0.5) is 0 Å². The van der Waals surface area contributed by atoms with Gasteiger partial charge in [-0.05, 0) is 17.4 Å². The molecule has 0 N–H and O–H groups in total. The van der Waals surface area contributed by atoms with Gasteiger partial charge in [0, 0.05) is 25.1 Å². The van der Waals surface area contributed by atoms with E-state index in [0.29, 0.717) is 23.1 Å². The SMILES string of the molecule is [3H]c1csc(OCc2c(-n3nnn(C)c3=O)cnn2CC)n1. The first kappa shape index (κ1) is 12.3. The largest absolute Gasteiger partial charge is 0.463 e. The number of aryl methyl sites for hydroxylation is 2. The number of nitrogens with zero attached hydrogens (tertiary/aromatic N) is 7. The molecule has 0 aliphatic heterocycles. The zero-order valence-electron chi connectivity index (χ0n) is 12.4. The highest BCUT2D eigenvalue weighted by atomic mass is 32.1. The zero-order valence-corrected chi connectivity index (χ0v) is 12.2. The first-order chi connectivity index (χ1) is 10.6. The lowest BCUT2D eigenvalue weighted by Crippen LogP contribution is -2.23. The summed E-state index contributed by atoms with van der Waals surface area (Å²) < 4.78 is 17.0. The molecular formula is C11H13N7O2S. The monoisotopic (exact) mass is 309 g/mol. The lowest BCUT2D eigenvalue weighted by Gasteiger charge is -2.07. The van der Waals surface area contributed by atoms with Crippen LogP contribution in [0.2, 0.25) is 0 Å². The van der Waals surface area contributed by atoms with Crippen molar-refractivity contribution in [1.82, 2.24) is 34.6 Å². The molecule has 3 aromatic heterocycles. The number of thiazole rings is 1. The summed E-state index contributed by atoms with van der Waals surface area (Å²) in [6.07, 6.45) is 1.71. The number of rotatable bonds is 5. The van der Waals surface area contributed by atoms with Crippen molar-refractivity contribution in [3.63, 3.8) is 0 Å². The fourth-order valence-electron chi connectivity index (χ4n) is 1.84. The minimum Gasteiger partial charge on any atom is -0.463 e. The molecule has 3 rings (SSSR count). The van der Waals surface area contributed by atoms with Crippen molar-refractivity contribution in [1.29, 1.82) is 0 Å². The fourth-order valence-corrected chi connectivity index (χ4v) is 2.28. The van der Waals surface area contributed by atoms with Gasteiger partial charge in [0.15, 0.2) is 0 Å². The van der Waals surface area contributed by atoms with Gasteiger partial charge in [0.05, 0.1) is 7.57 Å². The van der Waals surface area contributed by atoms with Crippen LogP contribution in [0, 0.1) is 0 Å². The van der Waals surface area contributed by atoms with Gasteiger partial charge >= 0.3 is 5.69 Å². The summed E-state index contributed by atoms with van der Waals surface area (Å²) in [5, 5.41) is 13.7. The van der Waals surface area contributed by atoms with Crippen LogP contribution in [-0.4, -0.2) is 34.6 Å². The minimum absolute atomic E-state index is 0.161. The van der Waals surface area contributed by atoms with Crippen LogP contribution in [0.3, 0.4) is 0 Å². The van der Waals surface area contributed by atoms with Gasteiger partial charge in [-0.1, -0.05) is 11.3 Å². The molecule has 110 valence electrons. The zero-order chi connectivity index (χ0) is 15.7. The Morgan fingerprint density at radius 1 is 1.48 bits per heavy atom. The third-order valence-electron chi connectivity index (χ3n) is 2.88. The highest BCUT2D eigenvalue weighted by molar-refractivity contribution is 7.11. The van der Waals surface area contributed by atoms with Gasteiger partial charge in [0.25, 0.3) is 5.19 Å². The second-order valence-electron chi connectivity index (χ2n) is 4.12. The van der Waals surface area contributed by atoms with Crippen molar-refractivity contribution in [2.24, 2.45) is 7.05 Å². The van der Waals surface area contributed by atoms with Gasteiger partial charge in [0.1, 0.15) is 18.0 Å². The standard InChI is InChI=1S/C11H13N7O2S/c1-3-17-9(7-20-10-12-4-5-21-10)8(6-13-17)18-11(19)16(2)14-15-18/h4-6H,3,7H2,1-2H3/i4T. The second-order valence-corrected chi connectivity index (χ2v) is 4.94. The molecule has 3 heterocycles. The molecule has 0 amide bonds. The molecule has 0 fully saturated rings. The maximum absolute atomic E-state index is 12.0. The Morgan fingerprint density at radius 2 is 2.33 bits per heavy atom. The second kappa shape index (κ2) is 5.48. The number of hydrogen-bond donors (Lipinski definition) is 0. The molecule has 0 radical (unpaired) electrons. The fraction of sp³-hybridized carbons (Fsp3) is 0.364. The predicted octanol–water partition coefficient (Wildman–Crippen LogP) is 0.218. The van der Waals surface area contributed by atoms with E-state index in [1.165, 1.54) is 23.1 Å². The molecule has 0 atom stereocenters. The van der Waals surface area contributed by atoms with E-state index in [4.69, 9.17) is 6.11 Å². The molecule has 10 heteroatoms. The summed E-state index contributed by atoms with van der Waals surface area (Å²) in [5.74, 6) is 0. The normalized spacial score (nSPS) is 11.6. The van der Waals surface area contributed by atoms with Crippen molar-refractivity contribution in [2.75, 3.05) is 0 Å². The lowest BCUT2D eigenvalue weighted by atomic mass is 10.4. The van der Waals surface area contributed by atoms with Crippen LogP contribution >= 0.6 is 11.3 Å². The first-order valence-corrected chi connectivity index (χ1v) is 7.07. The van der Waals surface area contributed by atoms with E-state index in [1.54, 1.807) is 16.3 Å². The van der Waals surface area contributed by atoms with Crippen LogP contribution in [0.5, 0.6) is 5.19 Å². The maximum atomic E-state index is 12.0. The van der Waals surface area contributed by atoms with E-state index in [2.05, 4.69) is 20.5 Å². The van der Waals surface area contributed by atoms with Gasteiger partial charge in [0.2, 0.25) is 0 Å². The first-order valence-electron chi connectivity index (χ1n) is 6.69. The topological polar surface area (TPSA) is 92.6 Å². The van der Waals surface area contributed by atoms with E-state index in [9.17, 15) is 4.79 Å². The summed E-state index contributed by atoms with van der Waals surface area (Å²) in [7, 11) is 1.53. The van der Waals surface area contributed by atoms with Crippen molar-refractivity contribution < 1.29 is 6.11 Å². The van der Waals surface area contributed by atoms with Gasteiger partial charge in [-0.15, -0.1) is 0 Å². The summed E-state index contributed by atoms with van der Waals surface area (Å²) in [6, 6.07) is 0. The molecule has 0 unspecified atom stereocenters. The van der Waals surface area contributed by atoms with E-state index in [1.807, 2.05) is 6.92 Å². The quantitative estimate of drug-likeness (QED) is 0.669. The van der Waals surface area contributed by atoms with Crippen LogP contribution in [-0.2, 0) is 20.2 Å². The molecule has 0 spiro atoms. The summed E-state index contributed by atoms with van der Waals surface area (Å²) >= 11 is 1.24. The third-order valence-corrected chi connectivity index (χ3v) is 3.51. The highest BCUT2D eigenvalue weighted by Gasteiger charge is 2.17. The molecule has 0 aliphatic carbocycles. The molecule has 3 aromatic rings. The van der Waals surface area contributed by atoms with E-state index < -0.39 is 0 Å². The predicted molar refractivity (Wildman–Crippen MR) is 74.5 cm³/mol. The number of aromatic nitrogens is 7. The Morgan fingerprint density at radius 3 is 2.95 bits per heavy atom. The Hall–Kier alpha value is -2.49. The van der Waals surface area contributed by atoms with Crippen LogP contribution in [0.25, 0.3) is 5.69 Å². The summed E-state index contributed by atoms with van der Waals surface area (Å²) in [5.41, 5.74) is 0.842. The van der Waals surface area contributed by atoms with Crippen molar-refractivity contribution in [2.45, 2.75) is 20.1 Å². The van der Waals surface area contributed by atoms with Gasteiger partial charge < -0.3 is 4.74 Å². The van der Waals surface area contributed by atoms with Crippen LogP contribution < -0.4 is 10.4 Å². The molecule has 0 aromatic carbocycles. The number of ether oxygens (including phenoxy) is 1. The molecule has 0 bridgehead atoms. The number of tetrazole rings is 1. The Labute approximate surface area is 124 Å². The van der Waals surface area contributed by atoms with E-state index in [0.717, 1.165) is 4.68 Å². The molecule has 9 nitrogen and oxygen atoms in total. The molecule has 0 aliphatic rings. The Kier molecular flexibility index (Phi) is 3.20.